The number of carbonyl (C=O) groups excluding carboxylic acids is 1. The van der Waals surface area contributed by atoms with E-state index in [1.807, 2.05) is 36.4 Å². The minimum atomic E-state index is -0.182. The first-order chi connectivity index (χ1) is 15.1. The van der Waals surface area contributed by atoms with Crippen molar-refractivity contribution in [1.82, 2.24) is 4.90 Å². The fourth-order valence-corrected chi connectivity index (χ4v) is 3.90. The Balaban J connectivity index is 1.76. The van der Waals surface area contributed by atoms with Gasteiger partial charge in [-0.3, -0.25) is 4.79 Å². The monoisotopic (exact) mass is 459 g/mol. The highest BCUT2D eigenvalue weighted by Crippen LogP contribution is 2.35. The molecule has 3 aromatic rings. The predicted molar refractivity (Wildman–Crippen MR) is 125 cm³/mol. The van der Waals surface area contributed by atoms with E-state index in [9.17, 15) is 4.79 Å². The molecular weight excluding hydrogens is 433 g/mol. The second-order valence-corrected chi connectivity index (χ2v) is 8.22. The number of halogens is 2. The molecule has 3 rings (SSSR count). The van der Waals surface area contributed by atoms with E-state index in [1.165, 1.54) is 6.42 Å². The van der Waals surface area contributed by atoms with Crippen LogP contribution in [0.5, 0.6) is 5.75 Å². The van der Waals surface area contributed by atoms with Crippen LogP contribution in [0.1, 0.15) is 54.3 Å². The van der Waals surface area contributed by atoms with Gasteiger partial charge in [0.2, 0.25) is 0 Å². The average Bonchev–Trinajstić information content (AvgIpc) is 3.28. The fourth-order valence-electron chi connectivity index (χ4n) is 3.30. The fraction of sp³-hybridized carbons (Fsp3) is 0.320. The number of amides is 1. The van der Waals surface area contributed by atoms with Gasteiger partial charge in [-0.15, -0.1) is 0 Å². The first-order valence-electron chi connectivity index (χ1n) is 10.6. The van der Waals surface area contributed by atoms with Crippen LogP contribution in [0.2, 0.25) is 10.0 Å². The molecule has 1 heterocycles. The number of benzene rings is 2. The number of furan rings is 1. The van der Waals surface area contributed by atoms with Crippen molar-refractivity contribution in [3.05, 3.63) is 87.8 Å². The van der Waals surface area contributed by atoms with Gasteiger partial charge < -0.3 is 14.1 Å². The lowest BCUT2D eigenvalue weighted by Crippen LogP contribution is -2.30. The third-order valence-electron chi connectivity index (χ3n) is 4.92. The standard InChI is InChI=1S/C25H27Cl2NO3/c1-2-3-4-8-13-31-24-22(26)15-20(16-23(24)27)25(29)28(18-21-12-9-14-30-21)17-19-10-6-5-7-11-19/h5-7,9-12,14-16H,2-4,8,13,17-18H2,1H3. The molecule has 6 heteroatoms. The smallest absolute Gasteiger partial charge is 0.254 e. The predicted octanol–water partition coefficient (Wildman–Crippen LogP) is 7.39. The summed E-state index contributed by atoms with van der Waals surface area (Å²) < 4.78 is 11.2. The molecule has 0 saturated carbocycles. The highest BCUT2D eigenvalue weighted by Gasteiger charge is 2.21. The molecule has 0 fully saturated rings. The van der Waals surface area contributed by atoms with Crippen molar-refractivity contribution in [2.24, 2.45) is 0 Å². The van der Waals surface area contributed by atoms with Crippen molar-refractivity contribution >= 4 is 29.1 Å². The molecule has 31 heavy (non-hydrogen) atoms. The largest absolute Gasteiger partial charge is 0.490 e. The Hall–Kier alpha value is -2.43. The summed E-state index contributed by atoms with van der Waals surface area (Å²) in [6.45, 7) is 3.49. The summed E-state index contributed by atoms with van der Waals surface area (Å²) in [6, 6.07) is 16.7. The van der Waals surface area contributed by atoms with Crippen LogP contribution in [0.15, 0.2) is 65.3 Å². The van der Waals surface area contributed by atoms with Gasteiger partial charge in [0.15, 0.2) is 5.75 Å². The van der Waals surface area contributed by atoms with Crippen LogP contribution < -0.4 is 4.74 Å². The van der Waals surface area contributed by atoms with Gasteiger partial charge in [-0.25, -0.2) is 0 Å². The summed E-state index contributed by atoms with van der Waals surface area (Å²) in [7, 11) is 0. The van der Waals surface area contributed by atoms with Crippen molar-refractivity contribution in [2.75, 3.05) is 6.61 Å². The quantitative estimate of drug-likeness (QED) is 0.280. The maximum atomic E-state index is 13.3. The van der Waals surface area contributed by atoms with Crippen molar-refractivity contribution in [3.63, 3.8) is 0 Å². The molecular formula is C25H27Cl2NO3. The summed E-state index contributed by atoms with van der Waals surface area (Å²) in [5, 5.41) is 0.674. The molecule has 0 saturated heterocycles. The number of nitrogens with zero attached hydrogens (tertiary/aromatic N) is 1. The summed E-state index contributed by atoms with van der Waals surface area (Å²) >= 11 is 12.9. The third kappa shape index (κ3) is 6.78. The van der Waals surface area contributed by atoms with Gasteiger partial charge in [-0.05, 0) is 36.2 Å². The zero-order valence-corrected chi connectivity index (χ0v) is 19.2. The zero-order valence-electron chi connectivity index (χ0n) is 17.7. The molecule has 4 nitrogen and oxygen atoms in total. The first-order valence-corrected chi connectivity index (χ1v) is 11.3. The molecule has 0 atom stereocenters. The van der Waals surface area contributed by atoms with E-state index in [-0.39, 0.29) is 5.91 Å². The third-order valence-corrected chi connectivity index (χ3v) is 5.48. The van der Waals surface area contributed by atoms with Crippen molar-refractivity contribution in [1.29, 1.82) is 0 Å². The van der Waals surface area contributed by atoms with Crippen LogP contribution in [0.25, 0.3) is 0 Å². The highest BCUT2D eigenvalue weighted by molar-refractivity contribution is 6.37. The molecule has 0 aliphatic carbocycles. The lowest BCUT2D eigenvalue weighted by molar-refractivity contribution is 0.0717. The molecule has 0 aliphatic rings. The normalized spacial score (nSPS) is 10.8. The van der Waals surface area contributed by atoms with Gasteiger partial charge in [0.25, 0.3) is 5.91 Å². The van der Waals surface area contributed by atoms with Gasteiger partial charge >= 0.3 is 0 Å². The van der Waals surface area contributed by atoms with Crippen molar-refractivity contribution < 1.29 is 13.9 Å². The minimum Gasteiger partial charge on any atom is -0.490 e. The number of ether oxygens (including phenoxy) is 1. The molecule has 1 amide bonds. The number of unbranched alkanes of at least 4 members (excludes halogenated alkanes) is 3. The van der Waals surface area contributed by atoms with E-state index in [0.29, 0.717) is 46.8 Å². The molecule has 1 aromatic heterocycles. The van der Waals surface area contributed by atoms with Crippen LogP contribution in [0.3, 0.4) is 0 Å². The van der Waals surface area contributed by atoms with Gasteiger partial charge in [0, 0.05) is 12.1 Å². The molecule has 0 N–H and O–H groups in total. The second kappa shape index (κ2) is 11.8. The van der Waals surface area contributed by atoms with Crippen LogP contribution in [-0.4, -0.2) is 17.4 Å². The van der Waals surface area contributed by atoms with E-state index < -0.39 is 0 Å². The lowest BCUT2D eigenvalue weighted by Gasteiger charge is -2.22. The Labute approximate surface area is 193 Å². The summed E-state index contributed by atoms with van der Waals surface area (Å²) in [6.07, 6.45) is 5.97. The Bertz CT molecular complexity index is 935. The Morgan fingerprint density at radius 2 is 1.71 bits per heavy atom. The summed E-state index contributed by atoms with van der Waals surface area (Å²) in [5.74, 6) is 0.948. The van der Waals surface area contributed by atoms with E-state index in [0.717, 1.165) is 24.8 Å². The number of hydrogen-bond acceptors (Lipinski definition) is 3. The minimum absolute atomic E-state index is 0.182. The van der Waals surface area contributed by atoms with E-state index in [4.69, 9.17) is 32.4 Å². The Morgan fingerprint density at radius 1 is 0.968 bits per heavy atom. The maximum Gasteiger partial charge on any atom is 0.254 e. The number of rotatable bonds is 11. The van der Waals surface area contributed by atoms with Gasteiger partial charge in [-0.2, -0.15) is 0 Å². The van der Waals surface area contributed by atoms with Gasteiger partial charge in [-0.1, -0.05) is 79.7 Å². The number of hydrogen-bond donors (Lipinski definition) is 0. The van der Waals surface area contributed by atoms with Crippen molar-refractivity contribution in [2.45, 2.75) is 45.7 Å². The van der Waals surface area contributed by atoms with Crippen LogP contribution in [0, 0.1) is 0 Å². The van der Waals surface area contributed by atoms with E-state index in [2.05, 4.69) is 6.92 Å². The Kier molecular flexibility index (Phi) is 8.86. The van der Waals surface area contributed by atoms with E-state index >= 15 is 0 Å². The zero-order chi connectivity index (χ0) is 22.1. The van der Waals surface area contributed by atoms with Gasteiger partial charge in [0.1, 0.15) is 5.76 Å². The molecule has 164 valence electrons. The summed E-state index contributed by atoms with van der Waals surface area (Å²) in [4.78, 5) is 15.1. The Morgan fingerprint density at radius 3 is 2.35 bits per heavy atom. The highest BCUT2D eigenvalue weighted by atomic mass is 35.5. The maximum absolute atomic E-state index is 13.3. The SMILES string of the molecule is CCCCCCOc1c(Cl)cc(C(=O)N(Cc2ccccc2)Cc2ccco2)cc1Cl. The van der Waals surface area contributed by atoms with Crippen LogP contribution in [0.4, 0.5) is 0 Å². The summed E-state index contributed by atoms with van der Waals surface area (Å²) in [5.41, 5.74) is 1.43. The molecule has 2 aromatic carbocycles. The average molecular weight is 460 g/mol. The van der Waals surface area contributed by atoms with Gasteiger partial charge in [0.05, 0.1) is 29.5 Å². The topological polar surface area (TPSA) is 42.7 Å². The molecule has 0 spiro atoms. The first kappa shape index (κ1) is 23.2. The second-order valence-electron chi connectivity index (χ2n) is 7.40. The molecule has 0 radical (unpaired) electrons. The van der Waals surface area contributed by atoms with Crippen LogP contribution >= 0.6 is 23.2 Å². The number of carbonyl (C=O) groups is 1. The molecule has 0 bridgehead atoms. The van der Waals surface area contributed by atoms with E-state index in [1.54, 1.807) is 29.4 Å². The lowest BCUT2D eigenvalue weighted by atomic mass is 10.1. The van der Waals surface area contributed by atoms with Crippen LogP contribution in [-0.2, 0) is 13.1 Å². The molecule has 0 aliphatic heterocycles. The van der Waals surface area contributed by atoms with Crippen molar-refractivity contribution in [3.8, 4) is 5.75 Å². The molecule has 0 unspecified atom stereocenters.